The number of rotatable bonds is 3. The van der Waals surface area contributed by atoms with Gasteiger partial charge < -0.3 is 0 Å². The van der Waals surface area contributed by atoms with Gasteiger partial charge in [-0.2, -0.15) is 15.3 Å². The summed E-state index contributed by atoms with van der Waals surface area (Å²) >= 11 is 0. The first-order valence-electron chi connectivity index (χ1n) is 5.33. The molecule has 0 fully saturated rings. The lowest BCUT2D eigenvalue weighted by Crippen LogP contribution is -2.27. The van der Waals surface area contributed by atoms with Gasteiger partial charge in [-0.05, 0) is 24.6 Å². The Bertz CT molecular complexity index is 543. The fraction of sp³-hybridized carbons (Fsp3) is 0.182. The van der Waals surface area contributed by atoms with Crippen LogP contribution in [0.2, 0.25) is 0 Å². The zero-order valence-electron chi connectivity index (χ0n) is 9.38. The van der Waals surface area contributed by atoms with Gasteiger partial charge in [0, 0.05) is 31.0 Å². The molecule has 0 amide bonds. The second-order valence-electron chi connectivity index (χ2n) is 3.82. The van der Waals surface area contributed by atoms with Crippen LogP contribution in [0.4, 0.5) is 0 Å². The number of aryl methyl sites for hydroxylation is 1. The van der Waals surface area contributed by atoms with Crippen molar-refractivity contribution in [2.45, 2.75) is 13.2 Å². The van der Waals surface area contributed by atoms with E-state index in [0.717, 1.165) is 5.56 Å². The Balaban J connectivity index is 2.09. The average Bonchev–Trinajstić information content (AvgIpc) is 3.02. The summed E-state index contributed by atoms with van der Waals surface area (Å²) in [4.78, 5) is 0. The molecular formula is C11H12N6. The number of aromatic nitrogens is 6. The molecule has 3 rings (SSSR count). The molecule has 0 unspecified atom stereocenters. The molecule has 0 saturated carbocycles. The van der Waals surface area contributed by atoms with E-state index in [4.69, 9.17) is 0 Å². The first-order chi connectivity index (χ1) is 8.34. The first kappa shape index (κ1) is 9.83. The summed E-state index contributed by atoms with van der Waals surface area (Å²) in [6, 6.07) is 3.76. The SMILES string of the molecule is Cc1cnn(C(n2cccn2)n2cccn2)c1. The van der Waals surface area contributed by atoms with Crippen LogP contribution >= 0.6 is 0 Å². The van der Waals surface area contributed by atoms with E-state index in [-0.39, 0.29) is 6.29 Å². The molecule has 0 saturated heterocycles. The van der Waals surface area contributed by atoms with Crippen LogP contribution in [0.15, 0.2) is 49.3 Å². The zero-order valence-corrected chi connectivity index (χ0v) is 9.38. The Morgan fingerprint density at radius 1 is 0.941 bits per heavy atom. The van der Waals surface area contributed by atoms with E-state index in [1.807, 2.05) is 48.5 Å². The van der Waals surface area contributed by atoms with Gasteiger partial charge in [0.2, 0.25) is 6.29 Å². The lowest BCUT2D eigenvalue weighted by atomic mass is 10.4. The molecule has 3 aromatic heterocycles. The highest BCUT2D eigenvalue weighted by atomic mass is 15.6. The van der Waals surface area contributed by atoms with Crippen molar-refractivity contribution in [3.63, 3.8) is 0 Å². The topological polar surface area (TPSA) is 53.5 Å². The smallest absolute Gasteiger partial charge is 0.227 e. The van der Waals surface area contributed by atoms with Gasteiger partial charge >= 0.3 is 0 Å². The molecule has 0 N–H and O–H groups in total. The minimum atomic E-state index is -0.200. The highest BCUT2D eigenvalue weighted by molar-refractivity contribution is 5.01. The van der Waals surface area contributed by atoms with Gasteiger partial charge in [0.1, 0.15) is 0 Å². The molecule has 0 aliphatic carbocycles. The summed E-state index contributed by atoms with van der Waals surface area (Å²) in [5, 5.41) is 12.8. The third kappa shape index (κ3) is 1.73. The predicted octanol–water partition coefficient (Wildman–Crippen LogP) is 1.14. The van der Waals surface area contributed by atoms with Gasteiger partial charge in [0.05, 0.1) is 6.20 Å². The summed E-state index contributed by atoms with van der Waals surface area (Å²) in [6.45, 7) is 2.01. The normalized spacial score (nSPS) is 11.2. The third-order valence-electron chi connectivity index (χ3n) is 2.49. The van der Waals surface area contributed by atoms with Gasteiger partial charge in [-0.3, -0.25) is 0 Å². The van der Waals surface area contributed by atoms with E-state index in [2.05, 4.69) is 15.3 Å². The Kier molecular flexibility index (Phi) is 2.25. The third-order valence-corrected chi connectivity index (χ3v) is 2.49. The molecule has 0 spiro atoms. The van der Waals surface area contributed by atoms with Crippen molar-refractivity contribution in [2.75, 3.05) is 0 Å². The summed E-state index contributed by atoms with van der Waals surface area (Å²) < 4.78 is 5.44. The van der Waals surface area contributed by atoms with Gasteiger partial charge in [0.15, 0.2) is 0 Å². The molecule has 0 aromatic carbocycles. The van der Waals surface area contributed by atoms with Crippen LogP contribution in [0.5, 0.6) is 0 Å². The quantitative estimate of drug-likeness (QED) is 0.675. The van der Waals surface area contributed by atoms with Crippen molar-refractivity contribution in [1.82, 2.24) is 29.3 Å². The minimum Gasteiger partial charge on any atom is -0.227 e. The maximum atomic E-state index is 4.32. The van der Waals surface area contributed by atoms with E-state index in [9.17, 15) is 0 Å². The number of hydrogen-bond acceptors (Lipinski definition) is 3. The Morgan fingerprint density at radius 2 is 1.59 bits per heavy atom. The van der Waals surface area contributed by atoms with Gasteiger partial charge in [-0.25, -0.2) is 14.0 Å². The molecule has 0 atom stereocenters. The van der Waals surface area contributed by atoms with Gasteiger partial charge in [-0.1, -0.05) is 0 Å². The molecular weight excluding hydrogens is 216 g/mol. The van der Waals surface area contributed by atoms with Crippen LogP contribution in [0.1, 0.15) is 11.9 Å². The first-order valence-corrected chi connectivity index (χ1v) is 5.33. The zero-order chi connectivity index (χ0) is 11.7. The predicted molar refractivity (Wildman–Crippen MR) is 61.3 cm³/mol. The maximum Gasteiger partial charge on any atom is 0.238 e. The monoisotopic (exact) mass is 228 g/mol. The van der Waals surface area contributed by atoms with E-state index in [1.165, 1.54) is 0 Å². The molecule has 6 heteroatoms. The lowest BCUT2D eigenvalue weighted by Gasteiger charge is -2.18. The van der Waals surface area contributed by atoms with E-state index >= 15 is 0 Å². The van der Waals surface area contributed by atoms with Crippen molar-refractivity contribution in [1.29, 1.82) is 0 Å². The fourth-order valence-electron chi connectivity index (χ4n) is 1.76. The van der Waals surface area contributed by atoms with Crippen LogP contribution < -0.4 is 0 Å². The van der Waals surface area contributed by atoms with Crippen LogP contribution in [0.25, 0.3) is 0 Å². The molecule has 3 aromatic rings. The Labute approximate surface area is 98.1 Å². The van der Waals surface area contributed by atoms with Gasteiger partial charge in [0.25, 0.3) is 0 Å². The van der Waals surface area contributed by atoms with Crippen molar-refractivity contribution >= 4 is 0 Å². The molecule has 0 aliphatic rings. The van der Waals surface area contributed by atoms with E-state index < -0.39 is 0 Å². The van der Waals surface area contributed by atoms with Crippen molar-refractivity contribution in [3.05, 3.63) is 54.9 Å². The summed E-state index contributed by atoms with van der Waals surface area (Å²) in [7, 11) is 0. The summed E-state index contributed by atoms with van der Waals surface area (Å²) in [5.74, 6) is 0. The highest BCUT2D eigenvalue weighted by Crippen LogP contribution is 2.11. The molecule has 0 radical (unpaired) electrons. The lowest BCUT2D eigenvalue weighted by molar-refractivity contribution is 0.284. The van der Waals surface area contributed by atoms with E-state index in [1.54, 1.807) is 21.8 Å². The Morgan fingerprint density at radius 3 is 2.00 bits per heavy atom. The average molecular weight is 228 g/mol. The molecule has 0 aliphatic heterocycles. The van der Waals surface area contributed by atoms with E-state index in [0.29, 0.717) is 0 Å². The van der Waals surface area contributed by atoms with Crippen LogP contribution in [0.3, 0.4) is 0 Å². The molecule has 6 nitrogen and oxygen atoms in total. The van der Waals surface area contributed by atoms with Crippen molar-refractivity contribution in [2.24, 2.45) is 0 Å². The molecule has 86 valence electrons. The van der Waals surface area contributed by atoms with Crippen LogP contribution in [-0.2, 0) is 0 Å². The molecule has 0 bridgehead atoms. The summed E-state index contributed by atoms with van der Waals surface area (Å²) in [5.41, 5.74) is 1.11. The minimum absolute atomic E-state index is 0.200. The van der Waals surface area contributed by atoms with Gasteiger partial charge in [-0.15, -0.1) is 0 Å². The second kappa shape index (κ2) is 3.89. The number of nitrogens with zero attached hydrogens (tertiary/aromatic N) is 6. The standard InChI is InChI=1S/C11H12N6/c1-10-8-14-17(9-10)11(15-6-2-4-12-15)16-7-3-5-13-16/h2-9,11H,1H3. The van der Waals surface area contributed by atoms with Crippen LogP contribution in [-0.4, -0.2) is 29.3 Å². The maximum absolute atomic E-state index is 4.32. The summed E-state index contributed by atoms with van der Waals surface area (Å²) in [6.07, 6.45) is 10.9. The molecule has 3 heterocycles. The number of hydrogen-bond donors (Lipinski definition) is 0. The fourth-order valence-corrected chi connectivity index (χ4v) is 1.76. The Hall–Kier alpha value is -2.37. The van der Waals surface area contributed by atoms with Crippen LogP contribution in [0, 0.1) is 6.92 Å². The van der Waals surface area contributed by atoms with Crippen molar-refractivity contribution < 1.29 is 0 Å². The highest BCUT2D eigenvalue weighted by Gasteiger charge is 2.16. The largest absolute Gasteiger partial charge is 0.238 e. The second-order valence-corrected chi connectivity index (χ2v) is 3.82. The molecule has 17 heavy (non-hydrogen) atoms. The van der Waals surface area contributed by atoms with Crippen molar-refractivity contribution in [3.8, 4) is 0 Å².